The maximum absolute atomic E-state index is 12.6. The van der Waals surface area contributed by atoms with Gasteiger partial charge in [-0.2, -0.15) is 4.31 Å². The summed E-state index contributed by atoms with van der Waals surface area (Å²) in [4.78, 5) is 0.189. The highest BCUT2D eigenvalue weighted by molar-refractivity contribution is 7.89. The first kappa shape index (κ1) is 15.9. The monoisotopic (exact) mass is 286 g/mol. The predicted octanol–water partition coefficient (Wildman–Crippen LogP) is 1.28. The largest absolute Gasteiger partial charge is 0.398 e. The van der Waals surface area contributed by atoms with E-state index in [2.05, 4.69) is 0 Å². The van der Waals surface area contributed by atoms with Crippen LogP contribution < -0.4 is 5.73 Å². The standard InChI is InChI=1S/C13H22N2O3S/c1-9-6-11(14)10(2)12(7-9)19(17,18)15(5)13(3,4)8-16/h6-7,16H,8,14H2,1-5H3. The van der Waals surface area contributed by atoms with E-state index >= 15 is 0 Å². The summed E-state index contributed by atoms with van der Waals surface area (Å²) in [5.41, 5.74) is 6.73. The van der Waals surface area contributed by atoms with Crippen LogP contribution in [0.25, 0.3) is 0 Å². The Labute approximate surface area is 115 Å². The van der Waals surface area contributed by atoms with Crippen LogP contribution in [-0.2, 0) is 10.0 Å². The number of nitrogens with two attached hydrogens (primary N) is 1. The Morgan fingerprint density at radius 3 is 2.32 bits per heavy atom. The Kier molecular flexibility index (Phi) is 4.29. The number of rotatable bonds is 4. The van der Waals surface area contributed by atoms with Crippen LogP contribution >= 0.6 is 0 Å². The molecule has 1 rings (SSSR count). The van der Waals surface area contributed by atoms with Crippen LogP contribution in [0.1, 0.15) is 25.0 Å². The lowest BCUT2D eigenvalue weighted by Crippen LogP contribution is -2.47. The minimum Gasteiger partial charge on any atom is -0.398 e. The fourth-order valence-corrected chi connectivity index (χ4v) is 3.54. The summed E-state index contributed by atoms with van der Waals surface area (Å²) in [6.45, 7) is 6.55. The Hall–Kier alpha value is -1.11. The molecule has 0 saturated heterocycles. The molecule has 0 amide bonds. The number of hydrogen-bond donors (Lipinski definition) is 2. The second-order valence-electron chi connectivity index (χ2n) is 5.42. The second kappa shape index (κ2) is 5.11. The van der Waals surface area contributed by atoms with E-state index in [-0.39, 0.29) is 11.5 Å². The number of likely N-dealkylation sites (N-methyl/N-ethyl adjacent to an activating group) is 1. The molecule has 1 aromatic carbocycles. The van der Waals surface area contributed by atoms with Gasteiger partial charge in [0.2, 0.25) is 10.0 Å². The van der Waals surface area contributed by atoms with E-state index in [9.17, 15) is 13.5 Å². The van der Waals surface area contributed by atoms with Gasteiger partial charge in [0.1, 0.15) is 0 Å². The third-order valence-electron chi connectivity index (χ3n) is 3.42. The smallest absolute Gasteiger partial charge is 0.243 e. The molecule has 0 bridgehead atoms. The van der Waals surface area contributed by atoms with Crippen molar-refractivity contribution in [2.24, 2.45) is 0 Å². The summed E-state index contributed by atoms with van der Waals surface area (Å²) in [6, 6.07) is 3.34. The van der Waals surface area contributed by atoms with Gasteiger partial charge in [0, 0.05) is 12.7 Å². The van der Waals surface area contributed by atoms with Crippen molar-refractivity contribution >= 4 is 15.7 Å². The molecule has 0 heterocycles. The summed E-state index contributed by atoms with van der Waals surface area (Å²) in [5, 5.41) is 9.32. The fourth-order valence-electron chi connectivity index (χ4n) is 1.69. The lowest BCUT2D eigenvalue weighted by atomic mass is 10.1. The van der Waals surface area contributed by atoms with Gasteiger partial charge in [0.15, 0.2) is 0 Å². The van der Waals surface area contributed by atoms with Gasteiger partial charge in [0.05, 0.1) is 17.0 Å². The second-order valence-corrected chi connectivity index (χ2v) is 7.36. The van der Waals surface area contributed by atoms with Crippen molar-refractivity contribution in [2.45, 2.75) is 38.1 Å². The third-order valence-corrected chi connectivity index (χ3v) is 5.62. The molecule has 0 atom stereocenters. The van der Waals surface area contributed by atoms with E-state index in [1.807, 2.05) is 0 Å². The molecule has 19 heavy (non-hydrogen) atoms. The van der Waals surface area contributed by atoms with Crippen LogP contribution in [0.15, 0.2) is 17.0 Å². The van der Waals surface area contributed by atoms with Gasteiger partial charge in [-0.05, 0) is 51.0 Å². The number of anilines is 1. The summed E-state index contributed by atoms with van der Waals surface area (Å²) in [6.07, 6.45) is 0. The van der Waals surface area contributed by atoms with Crippen LogP contribution in [0, 0.1) is 13.8 Å². The molecule has 6 heteroatoms. The van der Waals surface area contributed by atoms with Gasteiger partial charge in [-0.3, -0.25) is 0 Å². The molecule has 0 aliphatic rings. The highest BCUT2D eigenvalue weighted by atomic mass is 32.2. The molecule has 0 saturated carbocycles. The predicted molar refractivity (Wildman–Crippen MR) is 76.4 cm³/mol. The van der Waals surface area contributed by atoms with Crippen molar-refractivity contribution in [1.29, 1.82) is 0 Å². The number of benzene rings is 1. The summed E-state index contributed by atoms with van der Waals surface area (Å²) >= 11 is 0. The highest BCUT2D eigenvalue weighted by Gasteiger charge is 2.34. The maximum Gasteiger partial charge on any atom is 0.243 e. The van der Waals surface area contributed by atoms with Gasteiger partial charge < -0.3 is 10.8 Å². The summed E-state index contributed by atoms with van der Waals surface area (Å²) < 4.78 is 26.4. The van der Waals surface area contributed by atoms with Gasteiger partial charge in [0.25, 0.3) is 0 Å². The minimum atomic E-state index is -3.69. The van der Waals surface area contributed by atoms with E-state index in [0.29, 0.717) is 11.3 Å². The Morgan fingerprint density at radius 1 is 1.32 bits per heavy atom. The molecule has 0 radical (unpaired) electrons. The number of hydrogen-bond acceptors (Lipinski definition) is 4. The van der Waals surface area contributed by atoms with E-state index in [4.69, 9.17) is 5.73 Å². The maximum atomic E-state index is 12.6. The van der Waals surface area contributed by atoms with Crippen LogP contribution in [0.2, 0.25) is 0 Å². The van der Waals surface area contributed by atoms with E-state index in [1.165, 1.54) is 11.4 Å². The summed E-state index contributed by atoms with van der Waals surface area (Å²) in [7, 11) is -2.23. The molecular formula is C13H22N2O3S. The lowest BCUT2D eigenvalue weighted by molar-refractivity contribution is 0.138. The molecule has 0 spiro atoms. The van der Waals surface area contributed by atoms with E-state index in [1.54, 1.807) is 39.8 Å². The zero-order valence-corrected chi connectivity index (χ0v) is 12.9. The highest BCUT2D eigenvalue weighted by Crippen LogP contribution is 2.28. The molecule has 0 aliphatic heterocycles. The van der Waals surface area contributed by atoms with Crippen LogP contribution in [0.4, 0.5) is 5.69 Å². The zero-order chi connectivity index (χ0) is 15.0. The molecular weight excluding hydrogens is 264 g/mol. The number of aliphatic hydroxyl groups excluding tert-OH is 1. The number of sulfonamides is 1. The lowest BCUT2D eigenvalue weighted by Gasteiger charge is -2.33. The van der Waals surface area contributed by atoms with Crippen LogP contribution in [-0.4, -0.2) is 37.0 Å². The van der Waals surface area contributed by atoms with Gasteiger partial charge in [-0.15, -0.1) is 0 Å². The molecule has 1 aromatic rings. The normalized spacial score (nSPS) is 13.0. The fraction of sp³-hybridized carbons (Fsp3) is 0.538. The number of aliphatic hydroxyl groups is 1. The van der Waals surface area contributed by atoms with Crippen LogP contribution in [0.3, 0.4) is 0 Å². The molecule has 0 aromatic heterocycles. The van der Waals surface area contributed by atoms with Crippen LogP contribution in [0.5, 0.6) is 0 Å². The summed E-state index contributed by atoms with van der Waals surface area (Å²) in [5.74, 6) is 0. The Balaban J connectivity index is 3.45. The quantitative estimate of drug-likeness (QED) is 0.817. The molecule has 5 nitrogen and oxygen atoms in total. The minimum absolute atomic E-state index is 0.189. The first-order chi connectivity index (χ1) is 8.54. The average Bonchev–Trinajstić information content (AvgIpc) is 2.32. The number of nitrogens with zero attached hydrogens (tertiary/aromatic N) is 1. The molecule has 108 valence electrons. The van der Waals surface area contributed by atoms with Crippen molar-refractivity contribution < 1.29 is 13.5 Å². The van der Waals surface area contributed by atoms with Crippen molar-refractivity contribution in [3.63, 3.8) is 0 Å². The molecule has 0 fully saturated rings. The molecule has 3 N–H and O–H groups in total. The van der Waals surface area contributed by atoms with Crippen molar-refractivity contribution in [3.05, 3.63) is 23.3 Å². The molecule has 0 aliphatic carbocycles. The van der Waals surface area contributed by atoms with Crippen molar-refractivity contribution in [3.8, 4) is 0 Å². The first-order valence-corrected chi connectivity index (χ1v) is 7.44. The van der Waals surface area contributed by atoms with E-state index < -0.39 is 15.6 Å². The van der Waals surface area contributed by atoms with E-state index in [0.717, 1.165) is 5.56 Å². The average molecular weight is 286 g/mol. The van der Waals surface area contributed by atoms with Gasteiger partial charge >= 0.3 is 0 Å². The Morgan fingerprint density at radius 2 is 1.84 bits per heavy atom. The van der Waals surface area contributed by atoms with Gasteiger partial charge in [-0.1, -0.05) is 0 Å². The SMILES string of the molecule is Cc1cc(N)c(C)c(S(=O)(=O)N(C)C(C)(C)CO)c1. The number of aryl methyl sites for hydroxylation is 1. The zero-order valence-electron chi connectivity index (χ0n) is 12.1. The number of nitrogen functional groups attached to an aromatic ring is 1. The van der Waals surface area contributed by atoms with Crippen molar-refractivity contribution in [2.75, 3.05) is 19.4 Å². The topological polar surface area (TPSA) is 83.6 Å². The molecule has 0 unspecified atom stereocenters. The Bertz CT molecular complexity index is 580. The third kappa shape index (κ3) is 2.91. The van der Waals surface area contributed by atoms with Crippen molar-refractivity contribution in [1.82, 2.24) is 4.31 Å². The first-order valence-electron chi connectivity index (χ1n) is 6.00. The van der Waals surface area contributed by atoms with Gasteiger partial charge in [-0.25, -0.2) is 8.42 Å².